The maximum atomic E-state index is 14.7. The fourth-order valence-corrected chi connectivity index (χ4v) is 4.51. The molecule has 7 nitrogen and oxygen atoms in total. The van der Waals surface area contributed by atoms with Gasteiger partial charge in [0.25, 0.3) is 11.5 Å². The number of alkyl halides is 6. The molecule has 2 aromatic carbocycles. The molecule has 0 aliphatic rings. The van der Waals surface area contributed by atoms with Crippen molar-refractivity contribution in [3.05, 3.63) is 86.8 Å². The number of halogens is 8. The van der Waals surface area contributed by atoms with E-state index in [1.165, 1.54) is 45.2 Å². The number of benzene rings is 2. The number of hydrogen-bond acceptors (Lipinski definition) is 5. The summed E-state index contributed by atoms with van der Waals surface area (Å²) in [5, 5.41) is 4.09. The predicted octanol–water partition coefficient (Wildman–Crippen LogP) is 5.92. The third-order valence-corrected chi connectivity index (χ3v) is 6.92. The summed E-state index contributed by atoms with van der Waals surface area (Å²) in [6, 6.07) is 3.21. The molecule has 3 rings (SSSR count). The van der Waals surface area contributed by atoms with Gasteiger partial charge < -0.3 is 19.9 Å². The average molecular weight is 634 g/mol. The number of methoxy groups -OCH3 is 1. The van der Waals surface area contributed by atoms with Crippen LogP contribution < -0.4 is 16.2 Å². The lowest BCUT2D eigenvalue weighted by molar-refractivity contribution is -0.143. The Morgan fingerprint density at radius 2 is 1.55 bits per heavy atom. The first kappa shape index (κ1) is 34.1. The minimum absolute atomic E-state index is 0.0474. The molecule has 0 fully saturated rings. The molecular formula is C29H27F8N3O4. The quantitative estimate of drug-likeness (QED) is 0.226. The van der Waals surface area contributed by atoms with Crippen LogP contribution in [0, 0.1) is 18.6 Å². The van der Waals surface area contributed by atoms with Gasteiger partial charge in [-0.15, -0.1) is 0 Å². The van der Waals surface area contributed by atoms with Gasteiger partial charge in [0.05, 0.1) is 12.7 Å². The summed E-state index contributed by atoms with van der Waals surface area (Å²) < 4.78 is 116. The highest BCUT2D eigenvalue weighted by Crippen LogP contribution is 2.38. The van der Waals surface area contributed by atoms with Gasteiger partial charge in [-0.2, -0.15) is 26.3 Å². The van der Waals surface area contributed by atoms with Crippen molar-refractivity contribution in [2.75, 3.05) is 12.4 Å². The molecule has 1 amide bonds. The molecule has 2 atom stereocenters. The molecule has 1 heterocycles. The second kappa shape index (κ2) is 13.1. The van der Waals surface area contributed by atoms with Gasteiger partial charge >= 0.3 is 18.3 Å². The Hall–Kier alpha value is -4.43. The first-order chi connectivity index (χ1) is 20.4. The minimum Gasteiger partial charge on any atom is -0.467 e. The molecule has 15 heteroatoms. The fraction of sp³-hybridized carbons (Fsp3) is 0.345. The predicted molar refractivity (Wildman–Crippen MR) is 144 cm³/mol. The van der Waals surface area contributed by atoms with Gasteiger partial charge in [0.2, 0.25) is 0 Å². The number of nitrogens with one attached hydrogen (secondary N) is 2. The van der Waals surface area contributed by atoms with Gasteiger partial charge in [0.15, 0.2) is 0 Å². The van der Waals surface area contributed by atoms with E-state index in [0.29, 0.717) is 23.8 Å². The molecule has 0 unspecified atom stereocenters. The third-order valence-electron chi connectivity index (χ3n) is 6.92. The van der Waals surface area contributed by atoms with E-state index in [1.54, 1.807) is 0 Å². The Morgan fingerprint density at radius 3 is 2.02 bits per heavy atom. The number of ether oxygens (including phenoxy) is 1. The van der Waals surface area contributed by atoms with E-state index in [-0.39, 0.29) is 23.2 Å². The summed E-state index contributed by atoms with van der Waals surface area (Å²) in [5.41, 5.74) is -3.51. The molecule has 0 radical (unpaired) electrons. The zero-order valence-corrected chi connectivity index (χ0v) is 23.7. The van der Waals surface area contributed by atoms with Crippen molar-refractivity contribution in [3.63, 3.8) is 0 Å². The number of amides is 1. The van der Waals surface area contributed by atoms with Crippen LogP contribution >= 0.6 is 0 Å². The number of carbonyl (C=O) groups excluding carboxylic acids is 2. The fourth-order valence-electron chi connectivity index (χ4n) is 4.51. The summed E-state index contributed by atoms with van der Waals surface area (Å²) in [6.45, 7) is 2.56. The van der Waals surface area contributed by atoms with Gasteiger partial charge in [-0.05, 0) is 36.6 Å². The molecule has 0 aliphatic carbocycles. The summed E-state index contributed by atoms with van der Waals surface area (Å²) in [6.07, 6.45) is -10.3. The van der Waals surface area contributed by atoms with E-state index >= 15 is 0 Å². The van der Waals surface area contributed by atoms with Crippen molar-refractivity contribution in [2.45, 2.75) is 51.1 Å². The van der Waals surface area contributed by atoms with E-state index in [9.17, 15) is 49.5 Å². The lowest BCUT2D eigenvalue weighted by atomic mass is 9.95. The first-order valence-electron chi connectivity index (χ1n) is 13.0. The van der Waals surface area contributed by atoms with Crippen LogP contribution in [-0.2, 0) is 29.2 Å². The topological polar surface area (TPSA) is 89.4 Å². The van der Waals surface area contributed by atoms with Gasteiger partial charge in [-0.25, -0.2) is 13.6 Å². The van der Waals surface area contributed by atoms with Gasteiger partial charge in [0.1, 0.15) is 29.3 Å². The van der Waals surface area contributed by atoms with E-state index < -0.39 is 76.7 Å². The summed E-state index contributed by atoms with van der Waals surface area (Å²) >= 11 is 0. The Morgan fingerprint density at radius 1 is 0.977 bits per heavy atom. The van der Waals surface area contributed by atoms with Crippen LogP contribution in [0.3, 0.4) is 0 Å². The van der Waals surface area contributed by atoms with Gasteiger partial charge in [-0.1, -0.05) is 31.2 Å². The molecule has 44 heavy (non-hydrogen) atoms. The van der Waals surface area contributed by atoms with E-state index in [4.69, 9.17) is 0 Å². The number of hydrogen-bond donors (Lipinski definition) is 2. The van der Waals surface area contributed by atoms with Crippen LogP contribution in [0.15, 0.2) is 47.3 Å². The number of nitrogens with zero attached hydrogens (tertiary/aromatic N) is 1. The molecular weight excluding hydrogens is 606 g/mol. The summed E-state index contributed by atoms with van der Waals surface area (Å²) in [5.74, 6) is -5.42. The van der Waals surface area contributed by atoms with Crippen molar-refractivity contribution in [2.24, 2.45) is 7.05 Å². The van der Waals surface area contributed by atoms with Gasteiger partial charge in [-0.3, -0.25) is 9.59 Å². The third kappa shape index (κ3) is 7.55. The van der Waals surface area contributed by atoms with Crippen LogP contribution in [-0.4, -0.2) is 41.8 Å². The zero-order valence-electron chi connectivity index (χ0n) is 23.7. The van der Waals surface area contributed by atoms with Crippen LogP contribution in [0.4, 0.5) is 40.8 Å². The molecule has 3 aromatic rings. The lowest BCUT2D eigenvalue weighted by Gasteiger charge is -2.22. The van der Waals surface area contributed by atoms with Crippen molar-refractivity contribution < 1.29 is 49.4 Å². The van der Waals surface area contributed by atoms with E-state index in [1.807, 2.05) is 5.32 Å². The minimum atomic E-state index is -4.83. The first-order valence-corrected chi connectivity index (χ1v) is 13.0. The second-order valence-corrected chi connectivity index (χ2v) is 9.83. The summed E-state index contributed by atoms with van der Waals surface area (Å²) in [7, 11) is 2.30. The highest BCUT2D eigenvalue weighted by atomic mass is 19.4. The Labute approximate surface area is 245 Å². The molecule has 1 aromatic heterocycles. The standard InChI is InChI=1S/C29H27F8N3O4/c1-5-22(29(35,36)37)38-17-11-19(30)25(20(31)12-17)26(42)39-21(27(43)44-4)10-15-6-8-16(9-7-15)24-14(2)40(3)23(41)13-18(24)28(32,33)34/h6-9,11-13,21-22,38H,5,10H2,1-4H3,(H,39,42)/t21-,22+/m0/s1. The zero-order chi connectivity index (χ0) is 33.1. The Balaban J connectivity index is 1.88. The second-order valence-electron chi connectivity index (χ2n) is 9.83. The number of aromatic nitrogens is 1. The molecule has 238 valence electrons. The number of pyridine rings is 1. The number of carbonyl (C=O) groups is 2. The average Bonchev–Trinajstić information content (AvgIpc) is 2.92. The molecule has 0 bridgehead atoms. The van der Waals surface area contributed by atoms with Crippen LogP contribution in [0.5, 0.6) is 0 Å². The van der Waals surface area contributed by atoms with Crippen molar-refractivity contribution in [1.82, 2.24) is 9.88 Å². The highest BCUT2D eigenvalue weighted by molar-refractivity contribution is 5.97. The molecule has 0 saturated heterocycles. The molecule has 0 saturated carbocycles. The highest BCUT2D eigenvalue weighted by Gasteiger charge is 2.39. The van der Waals surface area contributed by atoms with Crippen molar-refractivity contribution >= 4 is 17.6 Å². The Bertz CT molecular complexity index is 1580. The molecule has 2 N–H and O–H groups in total. The maximum Gasteiger partial charge on any atom is 0.417 e. The lowest BCUT2D eigenvalue weighted by Crippen LogP contribution is -2.43. The van der Waals surface area contributed by atoms with Crippen LogP contribution in [0.25, 0.3) is 11.1 Å². The largest absolute Gasteiger partial charge is 0.467 e. The SMILES string of the molecule is CC[C@@H](Nc1cc(F)c(C(=O)N[C@@H](Cc2ccc(-c3c(C(F)(F)F)cc(=O)n(C)c3C)cc2)C(=O)OC)c(F)c1)C(F)(F)F. The van der Waals surface area contributed by atoms with Crippen LogP contribution in [0.1, 0.15) is 40.5 Å². The Kier molecular flexibility index (Phi) is 10.1. The van der Waals surface area contributed by atoms with E-state index in [0.717, 1.165) is 11.7 Å². The van der Waals surface area contributed by atoms with Crippen molar-refractivity contribution in [1.29, 1.82) is 0 Å². The smallest absolute Gasteiger partial charge is 0.417 e. The number of esters is 1. The maximum absolute atomic E-state index is 14.7. The van der Waals surface area contributed by atoms with E-state index in [2.05, 4.69) is 10.1 Å². The molecule has 0 spiro atoms. The van der Waals surface area contributed by atoms with Gasteiger partial charge in [0, 0.05) is 36.5 Å². The number of rotatable bonds is 9. The molecule has 0 aliphatic heterocycles. The van der Waals surface area contributed by atoms with Crippen molar-refractivity contribution in [3.8, 4) is 11.1 Å². The number of anilines is 1. The summed E-state index contributed by atoms with van der Waals surface area (Å²) in [4.78, 5) is 37.2. The monoisotopic (exact) mass is 633 g/mol. The van der Waals surface area contributed by atoms with Crippen LogP contribution in [0.2, 0.25) is 0 Å². The normalized spacial score (nSPS) is 13.3.